The van der Waals surface area contributed by atoms with Crippen LogP contribution in [0.3, 0.4) is 0 Å². The first-order chi connectivity index (χ1) is 13.6. The van der Waals surface area contributed by atoms with Crippen molar-refractivity contribution in [2.24, 2.45) is 22.7 Å². The molecule has 0 spiro atoms. The van der Waals surface area contributed by atoms with Crippen LogP contribution in [-0.4, -0.2) is 28.6 Å². The molecular formula is C25H38O4. The first kappa shape index (κ1) is 22.3. The molecule has 4 heteroatoms. The van der Waals surface area contributed by atoms with Gasteiger partial charge in [0.25, 0.3) is 0 Å². The van der Waals surface area contributed by atoms with Gasteiger partial charge in [-0.1, -0.05) is 44.4 Å². The largest absolute Gasteiger partial charge is 0.429 e. The van der Waals surface area contributed by atoms with E-state index in [4.69, 9.17) is 4.74 Å². The van der Waals surface area contributed by atoms with Crippen molar-refractivity contribution in [3.05, 3.63) is 35.5 Å². The number of esters is 1. The quantitative estimate of drug-likeness (QED) is 0.461. The monoisotopic (exact) mass is 402 g/mol. The summed E-state index contributed by atoms with van der Waals surface area (Å²) in [7, 11) is 0. The number of ether oxygens (including phenoxy) is 1. The van der Waals surface area contributed by atoms with Gasteiger partial charge in [0, 0.05) is 11.6 Å². The van der Waals surface area contributed by atoms with Gasteiger partial charge >= 0.3 is 5.97 Å². The number of allylic oxidation sites excluding steroid dienone is 3. The molecule has 0 aromatic carbocycles. The fraction of sp³-hybridized carbons (Fsp3) is 0.720. The molecule has 0 aromatic heterocycles. The lowest BCUT2D eigenvalue weighted by Gasteiger charge is -2.54. The Labute approximate surface area is 175 Å². The van der Waals surface area contributed by atoms with Crippen molar-refractivity contribution in [3.63, 3.8) is 0 Å². The summed E-state index contributed by atoms with van der Waals surface area (Å²) in [4.78, 5) is 11.5. The van der Waals surface area contributed by atoms with Gasteiger partial charge in [-0.05, 0) is 74.5 Å². The highest BCUT2D eigenvalue weighted by Crippen LogP contribution is 2.59. The van der Waals surface area contributed by atoms with E-state index >= 15 is 0 Å². The molecule has 29 heavy (non-hydrogen) atoms. The van der Waals surface area contributed by atoms with Crippen LogP contribution in [0.2, 0.25) is 0 Å². The highest BCUT2D eigenvalue weighted by molar-refractivity contribution is 5.85. The molecule has 1 aliphatic heterocycles. The number of hydrogen-bond acceptors (Lipinski definition) is 4. The van der Waals surface area contributed by atoms with Gasteiger partial charge in [-0.2, -0.15) is 0 Å². The number of fused-ring (bicyclic) bond motifs is 1. The van der Waals surface area contributed by atoms with Gasteiger partial charge in [0.05, 0.1) is 6.10 Å². The van der Waals surface area contributed by atoms with Crippen molar-refractivity contribution in [1.82, 2.24) is 0 Å². The van der Waals surface area contributed by atoms with E-state index < -0.39 is 18.4 Å². The zero-order valence-corrected chi connectivity index (χ0v) is 18.5. The predicted octanol–water partition coefficient (Wildman–Crippen LogP) is 5.06. The van der Waals surface area contributed by atoms with E-state index in [9.17, 15) is 15.0 Å². The van der Waals surface area contributed by atoms with Crippen LogP contribution in [-0.2, 0) is 9.53 Å². The lowest BCUT2D eigenvalue weighted by atomic mass is 9.50. The smallest absolute Gasteiger partial charge is 0.333 e. The van der Waals surface area contributed by atoms with E-state index in [0.29, 0.717) is 23.8 Å². The lowest BCUT2D eigenvalue weighted by molar-refractivity contribution is -0.152. The molecule has 3 aliphatic rings. The van der Waals surface area contributed by atoms with Gasteiger partial charge in [-0.15, -0.1) is 6.58 Å². The summed E-state index contributed by atoms with van der Waals surface area (Å²) in [6, 6.07) is 0. The molecule has 162 valence electrons. The normalized spacial score (nSPS) is 38.0. The lowest BCUT2D eigenvalue weighted by Crippen LogP contribution is -2.46. The van der Waals surface area contributed by atoms with Crippen LogP contribution in [0, 0.1) is 22.7 Å². The van der Waals surface area contributed by atoms with Crippen molar-refractivity contribution in [2.45, 2.75) is 91.5 Å². The molecule has 0 radical (unpaired) electrons. The minimum absolute atomic E-state index is 0.0776. The molecule has 1 saturated carbocycles. The Bertz CT molecular complexity index is 720. The molecule has 1 fully saturated rings. The van der Waals surface area contributed by atoms with E-state index in [1.54, 1.807) is 5.57 Å². The summed E-state index contributed by atoms with van der Waals surface area (Å²) >= 11 is 0. The fourth-order valence-electron chi connectivity index (χ4n) is 6.01. The van der Waals surface area contributed by atoms with Crippen molar-refractivity contribution in [3.8, 4) is 0 Å². The topological polar surface area (TPSA) is 66.8 Å². The molecule has 0 unspecified atom stereocenters. The summed E-state index contributed by atoms with van der Waals surface area (Å²) in [6.07, 6.45) is 10.1. The molecular weight excluding hydrogens is 364 g/mol. The van der Waals surface area contributed by atoms with E-state index in [2.05, 4.69) is 40.3 Å². The van der Waals surface area contributed by atoms with Gasteiger partial charge < -0.3 is 14.9 Å². The van der Waals surface area contributed by atoms with Crippen LogP contribution in [0.5, 0.6) is 0 Å². The summed E-state index contributed by atoms with van der Waals surface area (Å²) < 4.78 is 4.79. The average molecular weight is 403 g/mol. The first-order valence-electron chi connectivity index (χ1n) is 11.2. The summed E-state index contributed by atoms with van der Waals surface area (Å²) in [6.45, 7) is 13.1. The number of aliphatic hydroxyl groups is 2. The first-order valence-corrected chi connectivity index (χ1v) is 11.2. The third-order valence-electron chi connectivity index (χ3n) is 8.05. The molecule has 0 aromatic rings. The highest BCUT2D eigenvalue weighted by Gasteiger charge is 2.50. The predicted molar refractivity (Wildman–Crippen MR) is 115 cm³/mol. The van der Waals surface area contributed by atoms with E-state index in [-0.39, 0.29) is 10.8 Å². The standard InChI is InChI=1S/C25H38O4/c1-16(2)8-6-12-24(4)13-7-9-20-19(24)11-10-17(3)25(20,5)15-21(26)18-14-22(27)29-23(18)28/h11,14,17,20-21,23,26,28H,1,6-10,12-13,15H2,2-5H3/t17-,20-,21-,23-,24-,25+/m1/s1. The van der Waals surface area contributed by atoms with Crippen molar-refractivity contribution >= 4 is 5.97 Å². The Hall–Kier alpha value is -1.39. The maximum absolute atomic E-state index is 11.5. The number of aliphatic hydroxyl groups excluding tert-OH is 2. The second-order valence-electron chi connectivity index (χ2n) is 10.3. The van der Waals surface area contributed by atoms with Gasteiger partial charge in [-0.25, -0.2) is 4.79 Å². The van der Waals surface area contributed by atoms with Crippen LogP contribution < -0.4 is 0 Å². The van der Waals surface area contributed by atoms with Crippen LogP contribution in [0.15, 0.2) is 35.5 Å². The minimum atomic E-state index is -1.31. The zero-order chi connectivity index (χ0) is 21.4. The number of carbonyl (C=O) groups is 1. The van der Waals surface area contributed by atoms with Gasteiger partial charge in [0.1, 0.15) is 0 Å². The average Bonchev–Trinajstić information content (AvgIpc) is 2.97. The number of rotatable bonds is 7. The van der Waals surface area contributed by atoms with Crippen LogP contribution in [0.4, 0.5) is 0 Å². The molecule has 0 amide bonds. The van der Waals surface area contributed by atoms with Crippen LogP contribution >= 0.6 is 0 Å². The summed E-state index contributed by atoms with van der Waals surface area (Å²) in [5.41, 5.74) is 3.27. The Morgan fingerprint density at radius 1 is 1.41 bits per heavy atom. The molecule has 3 rings (SSSR count). The van der Waals surface area contributed by atoms with E-state index in [1.165, 1.54) is 37.3 Å². The number of hydrogen-bond donors (Lipinski definition) is 2. The molecule has 4 nitrogen and oxygen atoms in total. The molecule has 0 bridgehead atoms. The highest BCUT2D eigenvalue weighted by atomic mass is 16.6. The van der Waals surface area contributed by atoms with Crippen molar-refractivity contribution in [1.29, 1.82) is 0 Å². The third-order valence-corrected chi connectivity index (χ3v) is 8.05. The van der Waals surface area contributed by atoms with Crippen LogP contribution in [0.1, 0.15) is 79.1 Å². The number of cyclic esters (lactones) is 1. The van der Waals surface area contributed by atoms with Crippen molar-refractivity contribution in [2.75, 3.05) is 0 Å². The molecule has 1 heterocycles. The molecule has 6 atom stereocenters. The Kier molecular flexibility index (Phi) is 6.45. The SMILES string of the molecule is C=C(C)CCC[C@]1(C)CCC[C@@H]2C1=CC[C@@H](C)[C@]2(C)C[C@@H](O)C1=CC(=O)O[C@H]1O. The Morgan fingerprint density at radius 3 is 2.76 bits per heavy atom. The van der Waals surface area contributed by atoms with Crippen LogP contribution in [0.25, 0.3) is 0 Å². The fourth-order valence-corrected chi connectivity index (χ4v) is 6.01. The van der Waals surface area contributed by atoms with E-state index in [1.807, 2.05) is 0 Å². The second-order valence-corrected chi connectivity index (χ2v) is 10.3. The third kappa shape index (κ3) is 4.39. The molecule has 0 saturated heterocycles. The zero-order valence-electron chi connectivity index (χ0n) is 18.5. The second kappa shape index (κ2) is 8.39. The molecule has 2 aliphatic carbocycles. The molecule has 2 N–H and O–H groups in total. The van der Waals surface area contributed by atoms with Gasteiger partial charge in [0.15, 0.2) is 0 Å². The van der Waals surface area contributed by atoms with E-state index in [0.717, 1.165) is 19.3 Å². The summed E-state index contributed by atoms with van der Waals surface area (Å²) in [5, 5.41) is 20.9. The Balaban J connectivity index is 1.81. The van der Waals surface area contributed by atoms with Gasteiger partial charge in [0.2, 0.25) is 6.29 Å². The van der Waals surface area contributed by atoms with Crippen molar-refractivity contribution < 1.29 is 19.7 Å². The number of carbonyl (C=O) groups excluding carboxylic acids is 1. The maximum atomic E-state index is 11.5. The summed E-state index contributed by atoms with van der Waals surface area (Å²) in [5.74, 6) is 0.288. The van der Waals surface area contributed by atoms with Gasteiger partial charge in [-0.3, -0.25) is 0 Å². The maximum Gasteiger partial charge on any atom is 0.333 e. The minimum Gasteiger partial charge on any atom is -0.429 e. The Morgan fingerprint density at radius 2 is 2.14 bits per heavy atom.